The molecule has 0 N–H and O–H groups in total. The highest BCUT2D eigenvalue weighted by molar-refractivity contribution is 4.93. The standard InChI is InChI=1S/C11H17N15O6/c12-22-17-2-27-1-7-8(28-3-18-23-13)9(29-4-19-24-14)10(30-5-20-25-15)11(32-7)31-6-21-26-16/h7-11H,1-6H2/t7-,8-,9+,10-,11-/m1/s1. The highest BCUT2D eigenvalue weighted by Gasteiger charge is 2.48. The lowest BCUT2D eigenvalue weighted by molar-refractivity contribution is -0.322. The van der Waals surface area contributed by atoms with E-state index >= 15 is 0 Å². The van der Waals surface area contributed by atoms with E-state index in [1.165, 1.54) is 0 Å². The maximum atomic E-state index is 8.54. The molecule has 0 aromatic heterocycles. The summed E-state index contributed by atoms with van der Waals surface area (Å²) in [5.74, 6) is 0. The van der Waals surface area contributed by atoms with Crippen molar-refractivity contribution in [1.29, 1.82) is 0 Å². The van der Waals surface area contributed by atoms with Crippen molar-refractivity contribution >= 4 is 0 Å². The van der Waals surface area contributed by atoms with Crippen LogP contribution in [0.2, 0.25) is 0 Å². The van der Waals surface area contributed by atoms with Crippen molar-refractivity contribution in [3.63, 3.8) is 0 Å². The third-order valence-electron chi connectivity index (χ3n) is 3.61. The number of hydrogen-bond donors (Lipinski definition) is 0. The van der Waals surface area contributed by atoms with Gasteiger partial charge in [-0.15, -0.1) is 0 Å². The lowest BCUT2D eigenvalue weighted by atomic mass is 9.98. The van der Waals surface area contributed by atoms with E-state index in [9.17, 15) is 0 Å². The van der Waals surface area contributed by atoms with Crippen LogP contribution in [0.4, 0.5) is 0 Å². The molecule has 1 rings (SSSR count). The van der Waals surface area contributed by atoms with Gasteiger partial charge in [-0.3, -0.25) is 0 Å². The molecule has 5 atom stereocenters. The molecule has 0 bridgehead atoms. The largest absolute Gasteiger partial charge is 0.373 e. The van der Waals surface area contributed by atoms with Gasteiger partial charge in [0.25, 0.3) is 0 Å². The summed E-state index contributed by atoms with van der Waals surface area (Å²) in [5.41, 5.74) is 42.4. The minimum Gasteiger partial charge on any atom is -0.373 e. The van der Waals surface area contributed by atoms with E-state index in [2.05, 4.69) is 50.1 Å². The summed E-state index contributed by atoms with van der Waals surface area (Å²) in [6.45, 7) is -2.35. The second-order valence-electron chi connectivity index (χ2n) is 5.27. The highest BCUT2D eigenvalue weighted by atomic mass is 16.7. The van der Waals surface area contributed by atoms with Crippen molar-refractivity contribution in [2.24, 2.45) is 25.6 Å². The summed E-state index contributed by atoms with van der Waals surface area (Å²) < 4.78 is 32.9. The van der Waals surface area contributed by atoms with Gasteiger partial charge in [0, 0.05) is 24.6 Å². The third-order valence-corrected chi connectivity index (χ3v) is 3.61. The normalized spacial score (nSPS) is 23.9. The van der Waals surface area contributed by atoms with Crippen LogP contribution in [0, 0.1) is 0 Å². The molecule has 0 saturated carbocycles. The minimum atomic E-state index is -1.25. The van der Waals surface area contributed by atoms with Gasteiger partial charge < -0.3 is 28.4 Å². The van der Waals surface area contributed by atoms with Crippen LogP contribution >= 0.6 is 0 Å². The summed E-state index contributed by atoms with van der Waals surface area (Å²) in [7, 11) is 0. The zero-order valence-corrected chi connectivity index (χ0v) is 16.3. The average molecular weight is 455 g/mol. The van der Waals surface area contributed by atoms with Gasteiger partial charge in [0.15, 0.2) is 6.29 Å². The molecule has 0 amide bonds. The van der Waals surface area contributed by atoms with Gasteiger partial charge in [-0.05, 0) is 27.7 Å². The van der Waals surface area contributed by atoms with Crippen LogP contribution in [-0.2, 0) is 28.4 Å². The van der Waals surface area contributed by atoms with Crippen molar-refractivity contribution in [2.45, 2.75) is 30.7 Å². The monoisotopic (exact) mass is 455 g/mol. The van der Waals surface area contributed by atoms with Crippen LogP contribution < -0.4 is 0 Å². The molecule has 32 heavy (non-hydrogen) atoms. The predicted molar refractivity (Wildman–Crippen MR) is 100 cm³/mol. The molecule has 0 aromatic rings. The fraction of sp³-hybridized carbons (Fsp3) is 1.00. The highest BCUT2D eigenvalue weighted by Crippen LogP contribution is 2.29. The van der Waals surface area contributed by atoms with Gasteiger partial charge in [0.1, 0.15) is 58.1 Å². The van der Waals surface area contributed by atoms with Crippen molar-refractivity contribution < 1.29 is 28.4 Å². The number of hydrogen-bond acceptors (Lipinski definition) is 11. The Balaban J connectivity index is 3.22. The smallest absolute Gasteiger partial charge is 0.187 e. The lowest BCUT2D eigenvalue weighted by Crippen LogP contribution is -2.62. The van der Waals surface area contributed by atoms with Crippen molar-refractivity contribution in [1.82, 2.24) is 0 Å². The minimum absolute atomic E-state index is 0.203. The summed E-state index contributed by atoms with van der Waals surface area (Å²) in [6, 6.07) is 0. The van der Waals surface area contributed by atoms with E-state index in [0.29, 0.717) is 0 Å². The van der Waals surface area contributed by atoms with E-state index in [1.807, 2.05) is 0 Å². The predicted octanol–water partition coefficient (Wildman–Crippen LogP) is 3.24. The van der Waals surface area contributed by atoms with Gasteiger partial charge >= 0.3 is 0 Å². The van der Waals surface area contributed by atoms with E-state index in [0.717, 1.165) is 0 Å². The number of ether oxygens (including phenoxy) is 6. The molecular weight excluding hydrogens is 438 g/mol. The third kappa shape index (κ3) is 9.41. The molecule has 0 unspecified atom stereocenters. The first-order chi connectivity index (χ1) is 15.7. The quantitative estimate of drug-likeness (QED) is 0.145. The number of rotatable bonds is 16. The first-order valence-corrected chi connectivity index (χ1v) is 8.47. The van der Waals surface area contributed by atoms with Crippen LogP contribution in [0.5, 0.6) is 0 Å². The van der Waals surface area contributed by atoms with Crippen LogP contribution in [0.3, 0.4) is 0 Å². The summed E-state index contributed by atoms with van der Waals surface area (Å²) in [5, 5.41) is 16.3. The molecule has 0 aliphatic carbocycles. The summed E-state index contributed by atoms with van der Waals surface area (Å²) >= 11 is 0. The molecule has 0 radical (unpaired) electrons. The first-order valence-electron chi connectivity index (χ1n) is 8.47. The van der Waals surface area contributed by atoms with Gasteiger partial charge in [-0.25, -0.2) is 0 Å². The Labute approximate surface area is 178 Å². The lowest BCUT2D eigenvalue weighted by Gasteiger charge is -2.45. The molecule has 1 aliphatic rings. The first kappa shape index (κ1) is 26.3. The Morgan fingerprint density at radius 2 is 1.00 bits per heavy atom. The molecule has 172 valence electrons. The van der Waals surface area contributed by atoms with E-state index in [1.54, 1.807) is 0 Å². The maximum Gasteiger partial charge on any atom is 0.187 e. The molecule has 1 fully saturated rings. The van der Waals surface area contributed by atoms with Crippen molar-refractivity contribution in [3.05, 3.63) is 52.2 Å². The summed E-state index contributed by atoms with van der Waals surface area (Å²) in [6.07, 6.45) is -5.51. The topological polar surface area (TPSA) is 299 Å². The average Bonchev–Trinajstić information content (AvgIpc) is 2.80. The van der Waals surface area contributed by atoms with Crippen molar-refractivity contribution in [3.8, 4) is 0 Å². The molecule has 1 heterocycles. The molecule has 0 aromatic carbocycles. The van der Waals surface area contributed by atoms with Gasteiger partial charge in [-0.1, -0.05) is 25.6 Å². The fourth-order valence-electron chi connectivity index (χ4n) is 2.52. The molecule has 1 saturated heterocycles. The summed E-state index contributed by atoms with van der Waals surface area (Å²) in [4.78, 5) is 12.9. The van der Waals surface area contributed by atoms with Crippen LogP contribution in [-0.4, -0.2) is 71.0 Å². The van der Waals surface area contributed by atoms with Gasteiger partial charge in [0.05, 0.1) is 6.61 Å². The zero-order valence-electron chi connectivity index (χ0n) is 16.3. The Kier molecular flexibility index (Phi) is 14.0. The molecule has 0 spiro atoms. The number of azide groups is 5. The van der Waals surface area contributed by atoms with E-state index in [-0.39, 0.29) is 13.3 Å². The van der Waals surface area contributed by atoms with Gasteiger partial charge in [0.2, 0.25) is 0 Å². The Bertz CT molecular complexity index is 811. The van der Waals surface area contributed by atoms with Crippen molar-refractivity contribution in [2.75, 3.05) is 40.3 Å². The second kappa shape index (κ2) is 17.0. The van der Waals surface area contributed by atoms with Crippen LogP contribution in [0.25, 0.3) is 52.2 Å². The Hall–Kier alpha value is -3.69. The second-order valence-corrected chi connectivity index (χ2v) is 5.27. The maximum absolute atomic E-state index is 8.54. The SMILES string of the molecule is [N-]=[N+]=NCOC[C@H]1O[C@@H](OCN=[N+]=[N-])[C@H](OCN=[N+]=[N-])[C@@H](OCN=[N+]=[N-])[C@@H]1OCN=[N+]=[N-]. The Morgan fingerprint density at radius 3 is 1.53 bits per heavy atom. The number of nitrogens with zero attached hydrogens (tertiary/aromatic N) is 15. The van der Waals surface area contributed by atoms with Crippen LogP contribution in [0.15, 0.2) is 25.6 Å². The van der Waals surface area contributed by atoms with Crippen LogP contribution in [0.1, 0.15) is 0 Å². The molecule has 21 heteroatoms. The molecular formula is C11H17N15O6. The molecule has 1 aliphatic heterocycles. The Morgan fingerprint density at radius 1 is 0.562 bits per heavy atom. The molecule has 21 nitrogen and oxygen atoms in total. The fourth-order valence-corrected chi connectivity index (χ4v) is 2.52. The van der Waals surface area contributed by atoms with E-state index in [4.69, 9.17) is 56.1 Å². The van der Waals surface area contributed by atoms with E-state index < -0.39 is 57.6 Å². The van der Waals surface area contributed by atoms with Gasteiger partial charge in [-0.2, -0.15) is 0 Å². The zero-order chi connectivity index (χ0) is 23.4.